The molecule has 3 aliphatic rings. The first-order chi connectivity index (χ1) is 11.7. The number of methoxy groups -OCH3 is 1. The van der Waals surface area contributed by atoms with Gasteiger partial charge in [-0.3, -0.25) is 4.79 Å². The van der Waals surface area contributed by atoms with Crippen LogP contribution in [0.1, 0.15) is 25.7 Å². The summed E-state index contributed by atoms with van der Waals surface area (Å²) in [5.74, 6) is 1.20. The standard InChI is InChI=1S/C20H28N2O2/c1-24-14-18-19(23)22(17-5-3-2-4-6-17)15-20(18)9-11-21(12-10-20)13-16-7-8-16/h2-6,16,18H,7-15H2,1H3/t18-/m0/s1. The summed E-state index contributed by atoms with van der Waals surface area (Å²) in [6.45, 7) is 4.92. The van der Waals surface area contributed by atoms with Crippen LogP contribution in [-0.4, -0.2) is 50.7 Å². The van der Waals surface area contributed by atoms with Crippen LogP contribution in [0.5, 0.6) is 0 Å². The van der Waals surface area contributed by atoms with Gasteiger partial charge in [0.2, 0.25) is 5.91 Å². The molecule has 1 aromatic carbocycles. The molecule has 1 amide bonds. The monoisotopic (exact) mass is 328 g/mol. The van der Waals surface area contributed by atoms with E-state index in [-0.39, 0.29) is 17.2 Å². The Balaban J connectivity index is 1.51. The molecule has 2 heterocycles. The molecule has 0 bridgehead atoms. The SMILES string of the molecule is COC[C@H]1C(=O)N(c2ccccc2)CC12CCN(CC1CC1)CC2. The average Bonchev–Trinajstić information content (AvgIpc) is 3.39. The molecule has 3 fully saturated rings. The molecule has 0 aromatic heterocycles. The minimum Gasteiger partial charge on any atom is -0.384 e. The molecule has 1 aromatic rings. The van der Waals surface area contributed by atoms with Crippen molar-refractivity contribution in [2.24, 2.45) is 17.3 Å². The van der Waals surface area contributed by atoms with Gasteiger partial charge in [-0.1, -0.05) is 18.2 Å². The third-order valence-electron chi connectivity index (χ3n) is 6.24. The zero-order chi connectivity index (χ0) is 16.6. The molecule has 0 radical (unpaired) electrons. The van der Waals surface area contributed by atoms with Crippen LogP contribution in [0.2, 0.25) is 0 Å². The Kier molecular flexibility index (Phi) is 4.35. The van der Waals surface area contributed by atoms with E-state index in [1.54, 1.807) is 7.11 Å². The quantitative estimate of drug-likeness (QED) is 0.833. The number of likely N-dealkylation sites (tertiary alicyclic amines) is 1. The number of carbonyl (C=O) groups excluding carboxylic acids is 1. The van der Waals surface area contributed by atoms with Crippen molar-refractivity contribution in [3.05, 3.63) is 30.3 Å². The van der Waals surface area contributed by atoms with Crippen molar-refractivity contribution in [1.29, 1.82) is 0 Å². The Hall–Kier alpha value is -1.39. The van der Waals surface area contributed by atoms with E-state index < -0.39 is 0 Å². The van der Waals surface area contributed by atoms with Gasteiger partial charge in [-0.05, 0) is 56.8 Å². The molecule has 2 saturated heterocycles. The number of carbonyl (C=O) groups is 1. The lowest BCUT2D eigenvalue weighted by Crippen LogP contribution is -2.46. The summed E-state index contributed by atoms with van der Waals surface area (Å²) in [5.41, 5.74) is 1.11. The van der Waals surface area contributed by atoms with Gasteiger partial charge in [-0.2, -0.15) is 0 Å². The number of anilines is 1. The van der Waals surface area contributed by atoms with Crippen molar-refractivity contribution in [1.82, 2.24) is 4.90 Å². The topological polar surface area (TPSA) is 32.8 Å². The highest BCUT2D eigenvalue weighted by molar-refractivity contribution is 5.98. The Bertz CT molecular complexity index is 577. The summed E-state index contributed by atoms with van der Waals surface area (Å²) in [5, 5.41) is 0. The van der Waals surface area contributed by atoms with Crippen molar-refractivity contribution < 1.29 is 9.53 Å². The molecule has 1 aliphatic carbocycles. The number of hydrogen-bond acceptors (Lipinski definition) is 3. The maximum Gasteiger partial charge on any atom is 0.233 e. The number of nitrogens with zero attached hydrogens (tertiary/aromatic N) is 2. The fraction of sp³-hybridized carbons (Fsp3) is 0.650. The first-order valence-corrected chi connectivity index (χ1v) is 9.29. The number of amides is 1. The van der Waals surface area contributed by atoms with Crippen LogP contribution < -0.4 is 4.90 Å². The van der Waals surface area contributed by atoms with Crippen molar-refractivity contribution in [3.8, 4) is 0 Å². The van der Waals surface area contributed by atoms with Crippen molar-refractivity contribution in [3.63, 3.8) is 0 Å². The highest BCUT2D eigenvalue weighted by Gasteiger charge is 2.53. The highest BCUT2D eigenvalue weighted by atomic mass is 16.5. The van der Waals surface area contributed by atoms with Gasteiger partial charge < -0.3 is 14.5 Å². The lowest BCUT2D eigenvalue weighted by Gasteiger charge is -2.41. The predicted molar refractivity (Wildman–Crippen MR) is 95.0 cm³/mol. The Morgan fingerprint density at radius 2 is 1.88 bits per heavy atom. The zero-order valence-electron chi connectivity index (χ0n) is 14.6. The van der Waals surface area contributed by atoms with Crippen LogP contribution in [0.25, 0.3) is 0 Å². The first-order valence-electron chi connectivity index (χ1n) is 9.29. The van der Waals surface area contributed by atoms with Crippen LogP contribution in [0, 0.1) is 17.3 Å². The zero-order valence-corrected chi connectivity index (χ0v) is 14.6. The van der Waals surface area contributed by atoms with Crippen molar-refractivity contribution in [2.45, 2.75) is 25.7 Å². The lowest BCUT2D eigenvalue weighted by molar-refractivity contribution is -0.125. The molecule has 4 rings (SSSR count). The van der Waals surface area contributed by atoms with Gasteiger partial charge in [0.1, 0.15) is 0 Å². The largest absolute Gasteiger partial charge is 0.384 e. The maximum atomic E-state index is 13.1. The van der Waals surface area contributed by atoms with Crippen molar-refractivity contribution in [2.75, 3.05) is 44.8 Å². The van der Waals surface area contributed by atoms with Gasteiger partial charge in [-0.15, -0.1) is 0 Å². The molecule has 1 atom stereocenters. The number of piperidine rings is 1. The van der Waals surface area contributed by atoms with Gasteiger partial charge in [0, 0.05) is 31.3 Å². The van der Waals surface area contributed by atoms with E-state index in [2.05, 4.69) is 4.90 Å². The lowest BCUT2D eigenvalue weighted by atomic mass is 9.71. The summed E-state index contributed by atoms with van der Waals surface area (Å²) in [4.78, 5) is 17.7. The number of rotatable bonds is 5. The Morgan fingerprint density at radius 1 is 1.17 bits per heavy atom. The average molecular weight is 328 g/mol. The molecular formula is C20H28N2O2. The molecule has 130 valence electrons. The highest BCUT2D eigenvalue weighted by Crippen LogP contribution is 2.47. The summed E-state index contributed by atoms with van der Waals surface area (Å²) < 4.78 is 5.45. The number of hydrogen-bond donors (Lipinski definition) is 0. The summed E-state index contributed by atoms with van der Waals surface area (Å²) in [6, 6.07) is 10.1. The molecule has 4 heteroatoms. The molecule has 0 N–H and O–H groups in total. The molecule has 1 saturated carbocycles. The normalized spacial score (nSPS) is 27.1. The molecule has 4 nitrogen and oxygen atoms in total. The molecule has 1 spiro atoms. The second kappa shape index (κ2) is 6.49. The van der Waals surface area contributed by atoms with E-state index in [1.165, 1.54) is 19.4 Å². The predicted octanol–water partition coefficient (Wildman–Crippen LogP) is 2.79. The Labute approximate surface area is 144 Å². The fourth-order valence-corrected chi connectivity index (χ4v) is 4.55. The van der Waals surface area contributed by atoms with Gasteiger partial charge in [0.05, 0.1) is 12.5 Å². The second-order valence-electron chi connectivity index (χ2n) is 7.87. The minimum absolute atomic E-state index is 0.00535. The molecule has 2 aliphatic heterocycles. The van der Waals surface area contributed by atoms with E-state index in [4.69, 9.17) is 4.74 Å². The maximum absolute atomic E-state index is 13.1. The smallest absolute Gasteiger partial charge is 0.233 e. The second-order valence-corrected chi connectivity index (χ2v) is 7.87. The van der Waals surface area contributed by atoms with Crippen LogP contribution in [0.3, 0.4) is 0 Å². The van der Waals surface area contributed by atoms with Gasteiger partial charge in [0.15, 0.2) is 0 Å². The van der Waals surface area contributed by atoms with E-state index >= 15 is 0 Å². The van der Waals surface area contributed by atoms with Crippen molar-refractivity contribution >= 4 is 11.6 Å². The van der Waals surface area contributed by atoms with Crippen LogP contribution in [-0.2, 0) is 9.53 Å². The Morgan fingerprint density at radius 3 is 2.50 bits per heavy atom. The van der Waals surface area contributed by atoms with E-state index in [0.717, 1.165) is 44.1 Å². The van der Waals surface area contributed by atoms with Gasteiger partial charge in [0.25, 0.3) is 0 Å². The number of ether oxygens (including phenoxy) is 1. The van der Waals surface area contributed by atoms with E-state index in [0.29, 0.717) is 6.61 Å². The summed E-state index contributed by atoms with van der Waals surface area (Å²) >= 11 is 0. The third kappa shape index (κ3) is 2.98. The third-order valence-corrected chi connectivity index (χ3v) is 6.24. The van der Waals surface area contributed by atoms with Crippen LogP contribution in [0.15, 0.2) is 30.3 Å². The van der Waals surface area contributed by atoms with Crippen LogP contribution >= 0.6 is 0 Å². The minimum atomic E-state index is 0.00535. The van der Waals surface area contributed by atoms with Gasteiger partial charge in [-0.25, -0.2) is 0 Å². The fourth-order valence-electron chi connectivity index (χ4n) is 4.55. The molecular weight excluding hydrogens is 300 g/mol. The summed E-state index contributed by atoms with van der Waals surface area (Å²) in [7, 11) is 1.72. The van der Waals surface area contributed by atoms with E-state index in [9.17, 15) is 4.79 Å². The summed E-state index contributed by atoms with van der Waals surface area (Å²) in [6.07, 6.45) is 5.05. The molecule has 24 heavy (non-hydrogen) atoms. The number of para-hydroxylation sites is 1. The first kappa shape index (κ1) is 16.1. The van der Waals surface area contributed by atoms with Crippen LogP contribution in [0.4, 0.5) is 5.69 Å². The van der Waals surface area contributed by atoms with Gasteiger partial charge >= 0.3 is 0 Å². The van der Waals surface area contributed by atoms with E-state index in [1.807, 2.05) is 35.2 Å². The number of benzene rings is 1. The molecule has 0 unspecified atom stereocenters.